The first kappa shape index (κ1) is 18.4. The van der Waals surface area contributed by atoms with E-state index in [1.54, 1.807) is 43.8 Å². The minimum absolute atomic E-state index is 0.252. The lowest BCUT2D eigenvalue weighted by molar-refractivity contribution is 0.412. The Morgan fingerprint density at radius 1 is 1.12 bits per heavy atom. The normalized spacial score (nSPS) is 11.4. The molecule has 0 saturated heterocycles. The molecule has 3 rings (SSSR count). The van der Waals surface area contributed by atoms with Crippen molar-refractivity contribution in [1.82, 2.24) is 19.5 Å². The summed E-state index contributed by atoms with van der Waals surface area (Å²) < 4.78 is 34.2. The number of methoxy groups -OCH3 is 1. The second-order valence-electron chi connectivity index (χ2n) is 5.21. The summed E-state index contributed by atoms with van der Waals surface area (Å²) in [5.41, 5.74) is 0.826. The van der Waals surface area contributed by atoms with Crippen molar-refractivity contribution in [1.29, 1.82) is 0 Å². The van der Waals surface area contributed by atoms with E-state index in [1.807, 2.05) is 28.8 Å². The quantitative estimate of drug-likeness (QED) is 0.469. The zero-order valence-electron chi connectivity index (χ0n) is 14.1. The topological polar surface area (TPSA) is 86.1 Å². The first-order valence-corrected chi connectivity index (χ1v) is 10.3. The van der Waals surface area contributed by atoms with Crippen LogP contribution < -0.4 is 9.46 Å². The van der Waals surface area contributed by atoms with Crippen molar-refractivity contribution in [2.24, 2.45) is 0 Å². The molecule has 0 fully saturated rings. The van der Waals surface area contributed by atoms with Gasteiger partial charge in [-0.2, -0.15) is 0 Å². The minimum atomic E-state index is -3.50. The van der Waals surface area contributed by atoms with Crippen molar-refractivity contribution in [2.75, 3.05) is 19.4 Å². The second-order valence-corrected chi connectivity index (χ2v) is 8.04. The number of nitrogens with one attached hydrogen (secondary N) is 1. The highest BCUT2D eigenvalue weighted by Gasteiger charge is 2.14. The van der Waals surface area contributed by atoms with E-state index in [0.29, 0.717) is 16.7 Å². The number of hydrogen-bond donors (Lipinski definition) is 1. The standard InChI is InChI=1S/C17H18N4O3S2/c1-24-16-10-6-5-9-15(16)21-13-18-20-17(21)25-12-11-19-26(22,23)14-7-3-2-4-8-14/h2-10,13,19H,11-12H2,1H3. The third-order valence-corrected chi connectivity index (χ3v) is 5.96. The molecule has 0 bridgehead atoms. The number of aromatic nitrogens is 3. The van der Waals surface area contributed by atoms with E-state index < -0.39 is 10.0 Å². The summed E-state index contributed by atoms with van der Waals surface area (Å²) in [5, 5.41) is 8.71. The first-order chi connectivity index (χ1) is 12.6. The Morgan fingerprint density at radius 3 is 2.62 bits per heavy atom. The van der Waals surface area contributed by atoms with Crippen LogP contribution in [0.4, 0.5) is 0 Å². The number of rotatable bonds is 8. The van der Waals surface area contributed by atoms with Crippen molar-refractivity contribution in [3.8, 4) is 11.4 Å². The zero-order valence-corrected chi connectivity index (χ0v) is 15.7. The van der Waals surface area contributed by atoms with Crippen LogP contribution in [-0.2, 0) is 10.0 Å². The molecule has 0 aliphatic heterocycles. The van der Waals surface area contributed by atoms with Crippen LogP contribution in [-0.4, -0.2) is 42.6 Å². The van der Waals surface area contributed by atoms with Gasteiger partial charge in [-0.1, -0.05) is 42.1 Å². The van der Waals surface area contributed by atoms with Gasteiger partial charge in [0.25, 0.3) is 0 Å². The molecule has 9 heteroatoms. The van der Waals surface area contributed by atoms with Gasteiger partial charge in [0, 0.05) is 12.3 Å². The van der Waals surface area contributed by atoms with Gasteiger partial charge in [-0.3, -0.25) is 4.57 Å². The molecule has 136 valence electrons. The molecule has 0 spiro atoms. The number of nitrogens with zero attached hydrogens (tertiary/aromatic N) is 3. The smallest absolute Gasteiger partial charge is 0.240 e. The summed E-state index contributed by atoms with van der Waals surface area (Å²) in [4.78, 5) is 0.252. The summed E-state index contributed by atoms with van der Waals surface area (Å²) in [6.45, 7) is 0.278. The molecule has 0 unspecified atom stereocenters. The van der Waals surface area contributed by atoms with Gasteiger partial charge in [-0.15, -0.1) is 10.2 Å². The zero-order chi connectivity index (χ0) is 18.4. The van der Waals surface area contributed by atoms with E-state index in [-0.39, 0.29) is 11.4 Å². The largest absolute Gasteiger partial charge is 0.495 e. The fraction of sp³-hybridized carbons (Fsp3) is 0.176. The molecule has 1 heterocycles. The maximum absolute atomic E-state index is 12.2. The van der Waals surface area contributed by atoms with Gasteiger partial charge in [-0.05, 0) is 24.3 Å². The van der Waals surface area contributed by atoms with Crippen molar-refractivity contribution >= 4 is 21.8 Å². The molecule has 1 aromatic heterocycles. The molecule has 0 amide bonds. The Hall–Kier alpha value is -2.36. The van der Waals surface area contributed by atoms with E-state index >= 15 is 0 Å². The first-order valence-electron chi connectivity index (χ1n) is 7.83. The highest BCUT2D eigenvalue weighted by Crippen LogP contribution is 2.26. The van der Waals surface area contributed by atoms with E-state index in [2.05, 4.69) is 14.9 Å². The molecule has 2 aromatic carbocycles. The molecule has 0 aliphatic rings. The summed E-state index contributed by atoms with van der Waals surface area (Å²) in [7, 11) is -1.89. The minimum Gasteiger partial charge on any atom is -0.495 e. The van der Waals surface area contributed by atoms with Crippen molar-refractivity contribution in [2.45, 2.75) is 10.1 Å². The van der Waals surface area contributed by atoms with E-state index in [0.717, 1.165) is 5.69 Å². The van der Waals surface area contributed by atoms with Crippen LogP contribution >= 0.6 is 11.8 Å². The third kappa shape index (κ3) is 4.24. The van der Waals surface area contributed by atoms with Gasteiger partial charge < -0.3 is 4.74 Å². The molecular formula is C17H18N4O3S2. The summed E-state index contributed by atoms with van der Waals surface area (Å²) >= 11 is 1.41. The second kappa shape index (κ2) is 8.35. The summed E-state index contributed by atoms with van der Waals surface area (Å²) in [6.07, 6.45) is 1.61. The maximum atomic E-state index is 12.2. The highest BCUT2D eigenvalue weighted by molar-refractivity contribution is 7.99. The Morgan fingerprint density at radius 2 is 1.85 bits per heavy atom. The van der Waals surface area contributed by atoms with Gasteiger partial charge in [0.15, 0.2) is 5.16 Å². The van der Waals surface area contributed by atoms with Gasteiger partial charge in [0.1, 0.15) is 12.1 Å². The Balaban J connectivity index is 1.63. The third-order valence-electron chi connectivity index (χ3n) is 3.54. The maximum Gasteiger partial charge on any atom is 0.240 e. The Labute approximate surface area is 156 Å². The number of hydrogen-bond acceptors (Lipinski definition) is 6. The van der Waals surface area contributed by atoms with E-state index in [9.17, 15) is 8.42 Å². The fourth-order valence-electron chi connectivity index (χ4n) is 2.32. The van der Waals surface area contributed by atoms with Crippen LogP contribution in [0.3, 0.4) is 0 Å². The van der Waals surface area contributed by atoms with Crippen LogP contribution in [0.1, 0.15) is 0 Å². The highest BCUT2D eigenvalue weighted by atomic mass is 32.2. The van der Waals surface area contributed by atoms with Gasteiger partial charge >= 0.3 is 0 Å². The van der Waals surface area contributed by atoms with E-state index in [4.69, 9.17) is 4.74 Å². The molecule has 26 heavy (non-hydrogen) atoms. The fourth-order valence-corrected chi connectivity index (χ4v) is 4.28. The number of benzene rings is 2. The van der Waals surface area contributed by atoms with Crippen molar-refractivity contribution < 1.29 is 13.2 Å². The number of thioether (sulfide) groups is 1. The predicted octanol–water partition coefficient (Wildman–Crippen LogP) is 2.35. The Bertz CT molecular complexity index is 959. The average molecular weight is 390 g/mol. The molecular weight excluding hydrogens is 372 g/mol. The van der Waals surface area contributed by atoms with Crippen LogP contribution in [0, 0.1) is 0 Å². The molecule has 0 saturated carbocycles. The monoisotopic (exact) mass is 390 g/mol. The lowest BCUT2D eigenvalue weighted by Gasteiger charge is -2.11. The number of sulfonamides is 1. The van der Waals surface area contributed by atoms with Gasteiger partial charge in [-0.25, -0.2) is 13.1 Å². The van der Waals surface area contributed by atoms with E-state index in [1.165, 1.54) is 11.8 Å². The summed E-state index contributed by atoms with van der Waals surface area (Å²) in [6, 6.07) is 15.8. The van der Waals surface area contributed by atoms with Gasteiger partial charge in [0.05, 0.1) is 17.7 Å². The molecule has 0 radical (unpaired) electrons. The molecule has 0 aliphatic carbocycles. The van der Waals surface area contributed by atoms with Crippen LogP contribution in [0.2, 0.25) is 0 Å². The lowest BCUT2D eigenvalue weighted by atomic mass is 10.3. The average Bonchev–Trinajstić information content (AvgIpc) is 3.14. The molecule has 0 atom stereocenters. The SMILES string of the molecule is COc1ccccc1-n1cnnc1SCCNS(=O)(=O)c1ccccc1. The molecule has 3 aromatic rings. The summed E-state index contributed by atoms with van der Waals surface area (Å²) in [5.74, 6) is 1.22. The number of para-hydroxylation sites is 2. The van der Waals surface area contributed by atoms with Crippen molar-refractivity contribution in [3.05, 3.63) is 60.9 Å². The Kier molecular flexibility index (Phi) is 5.92. The van der Waals surface area contributed by atoms with Crippen molar-refractivity contribution in [3.63, 3.8) is 0 Å². The van der Waals surface area contributed by atoms with Crippen LogP contribution in [0.15, 0.2) is 71.0 Å². The van der Waals surface area contributed by atoms with Gasteiger partial charge in [0.2, 0.25) is 10.0 Å². The predicted molar refractivity (Wildman–Crippen MR) is 100 cm³/mol. The van der Waals surface area contributed by atoms with Crippen LogP contribution in [0.25, 0.3) is 5.69 Å². The lowest BCUT2D eigenvalue weighted by Crippen LogP contribution is -2.26. The van der Waals surface area contributed by atoms with Crippen LogP contribution in [0.5, 0.6) is 5.75 Å². The molecule has 1 N–H and O–H groups in total. The number of ether oxygens (including phenoxy) is 1. The molecule has 7 nitrogen and oxygen atoms in total.